The van der Waals surface area contributed by atoms with Crippen molar-refractivity contribution >= 4 is 11.7 Å². The maximum atomic E-state index is 12.8. The molecule has 2 amide bonds. The highest BCUT2D eigenvalue weighted by molar-refractivity contribution is 5.89. The molecule has 3 rings (SSSR count). The number of urea groups is 1. The fraction of sp³-hybridized carbons (Fsp3) is 0.143. The van der Waals surface area contributed by atoms with Crippen LogP contribution >= 0.6 is 0 Å². The van der Waals surface area contributed by atoms with Gasteiger partial charge in [0.2, 0.25) is 0 Å². The van der Waals surface area contributed by atoms with Gasteiger partial charge in [0.1, 0.15) is 0 Å². The number of pyridine rings is 1. The van der Waals surface area contributed by atoms with Gasteiger partial charge in [-0.25, -0.2) is 4.79 Å². The number of hydrogen-bond acceptors (Lipinski definition) is 2. The van der Waals surface area contributed by atoms with Crippen LogP contribution in [0.2, 0.25) is 0 Å². The molecule has 0 unspecified atom stereocenters. The number of aromatic nitrogens is 1. The van der Waals surface area contributed by atoms with Crippen molar-refractivity contribution in [1.29, 1.82) is 0 Å². The number of hydrogen-bond donors (Lipinski definition) is 1. The molecule has 1 aromatic heterocycles. The Morgan fingerprint density at radius 2 is 1.72 bits per heavy atom. The Kier molecular flexibility index (Phi) is 5.42. The number of aryl methyl sites for hydroxylation is 1. The molecule has 0 spiro atoms. The molecular formula is C21H21N3O. The predicted molar refractivity (Wildman–Crippen MR) is 100 cm³/mol. The maximum absolute atomic E-state index is 12.8. The number of nitrogens with one attached hydrogen (secondary N) is 1. The van der Waals surface area contributed by atoms with E-state index >= 15 is 0 Å². The molecule has 0 saturated heterocycles. The van der Waals surface area contributed by atoms with Gasteiger partial charge in [0.05, 0.1) is 0 Å². The molecule has 0 bridgehead atoms. The minimum absolute atomic E-state index is 0.127. The lowest BCUT2D eigenvalue weighted by Crippen LogP contribution is -2.34. The smallest absolute Gasteiger partial charge is 0.316 e. The molecular weight excluding hydrogens is 310 g/mol. The zero-order valence-corrected chi connectivity index (χ0v) is 14.2. The Morgan fingerprint density at radius 1 is 0.960 bits per heavy atom. The van der Waals surface area contributed by atoms with E-state index in [1.807, 2.05) is 54.6 Å². The van der Waals surface area contributed by atoms with E-state index in [1.165, 1.54) is 5.56 Å². The third-order valence-electron chi connectivity index (χ3n) is 4.03. The van der Waals surface area contributed by atoms with Gasteiger partial charge in [-0.05, 0) is 41.8 Å². The van der Waals surface area contributed by atoms with E-state index in [-0.39, 0.29) is 6.03 Å². The largest absolute Gasteiger partial charge is 0.322 e. The molecule has 25 heavy (non-hydrogen) atoms. The van der Waals surface area contributed by atoms with Gasteiger partial charge in [-0.3, -0.25) is 4.98 Å². The number of benzene rings is 2. The molecule has 4 heteroatoms. The molecule has 1 heterocycles. The van der Waals surface area contributed by atoms with Gasteiger partial charge in [0.15, 0.2) is 0 Å². The second-order valence-electron chi connectivity index (χ2n) is 5.94. The van der Waals surface area contributed by atoms with Crippen LogP contribution in [0.25, 0.3) is 0 Å². The lowest BCUT2D eigenvalue weighted by Gasteiger charge is -2.24. The molecule has 4 nitrogen and oxygen atoms in total. The van der Waals surface area contributed by atoms with Gasteiger partial charge in [0.25, 0.3) is 0 Å². The van der Waals surface area contributed by atoms with Crippen molar-refractivity contribution in [1.82, 2.24) is 9.88 Å². The van der Waals surface area contributed by atoms with Crippen molar-refractivity contribution in [3.05, 3.63) is 95.8 Å². The van der Waals surface area contributed by atoms with Crippen LogP contribution in [0.4, 0.5) is 10.5 Å². The fourth-order valence-corrected chi connectivity index (χ4v) is 2.63. The molecule has 0 aliphatic rings. The van der Waals surface area contributed by atoms with Crippen molar-refractivity contribution in [3.8, 4) is 0 Å². The molecule has 0 aliphatic carbocycles. The summed E-state index contributed by atoms with van der Waals surface area (Å²) in [6.45, 7) is 3.10. The normalized spacial score (nSPS) is 10.3. The fourth-order valence-electron chi connectivity index (χ4n) is 2.63. The number of carbonyl (C=O) groups excluding carboxylic acids is 1. The summed E-state index contributed by atoms with van der Waals surface area (Å²) in [5, 5.41) is 2.97. The van der Waals surface area contributed by atoms with Crippen molar-refractivity contribution in [2.45, 2.75) is 20.0 Å². The van der Waals surface area contributed by atoms with Crippen molar-refractivity contribution in [2.75, 3.05) is 5.32 Å². The molecule has 0 fully saturated rings. The summed E-state index contributed by atoms with van der Waals surface area (Å²) in [5.74, 6) is 0. The van der Waals surface area contributed by atoms with Crippen molar-refractivity contribution in [2.24, 2.45) is 0 Å². The van der Waals surface area contributed by atoms with E-state index < -0.39 is 0 Å². The van der Waals surface area contributed by atoms with Crippen LogP contribution in [0.1, 0.15) is 16.7 Å². The van der Waals surface area contributed by atoms with Gasteiger partial charge in [-0.2, -0.15) is 0 Å². The lowest BCUT2D eigenvalue weighted by atomic mass is 10.1. The molecule has 0 saturated carbocycles. The Hall–Kier alpha value is -3.14. The van der Waals surface area contributed by atoms with Crippen LogP contribution in [0.5, 0.6) is 0 Å². The minimum Gasteiger partial charge on any atom is -0.316 e. The predicted octanol–water partition coefficient (Wildman–Crippen LogP) is 4.62. The highest BCUT2D eigenvalue weighted by Gasteiger charge is 2.16. The summed E-state index contributed by atoms with van der Waals surface area (Å²) in [5.41, 5.74) is 4.09. The highest BCUT2D eigenvalue weighted by atomic mass is 16.2. The first kappa shape index (κ1) is 16.7. The van der Waals surface area contributed by atoms with Crippen LogP contribution in [0.3, 0.4) is 0 Å². The zero-order valence-electron chi connectivity index (χ0n) is 14.2. The Balaban J connectivity index is 1.80. The summed E-state index contributed by atoms with van der Waals surface area (Å²) in [7, 11) is 0. The Labute approximate surface area is 148 Å². The van der Waals surface area contributed by atoms with Gasteiger partial charge in [-0.15, -0.1) is 0 Å². The monoisotopic (exact) mass is 331 g/mol. The highest BCUT2D eigenvalue weighted by Crippen LogP contribution is 2.15. The number of para-hydroxylation sites is 1. The molecule has 2 aromatic carbocycles. The minimum atomic E-state index is -0.127. The number of carbonyl (C=O) groups is 1. The van der Waals surface area contributed by atoms with E-state index in [1.54, 1.807) is 17.3 Å². The second-order valence-corrected chi connectivity index (χ2v) is 5.94. The van der Waals surface area contributed by atoms with Gasteiger partial charge < -0.3 is 10.2 Å². The molecule has 0 aliphatic heterocycles. The van der Waals surface area contributed by atoms with Gasteiger partial charge in [-0.1, -0.05) is 48.5 Å². The topological polar surface area (TPSA) is 45.2 Å². The molecule has 1 N–H and O–H groups in total. The standard InChI is InChI=1S/C21H21N3O/c1-17-8-5-6-10-19(17)16-24(15-18-9-7-13-22-14-18)21(25)23-20-11-3-2-4-12-20/h2-14H,15-16H2,1H3,(H,23,25). The van der Waals surface area contributed by atoms with Crippen LogP contribution in [-0.4, -0.2) is 15.9 Å². The molecule has 3 aromatic rings. The summed E-state index contributed by atoms with van der Waals surface area (Å²) >= 11 is 0. The Bertz CT molecular complexity index is 819. The number of rotatable bonds is 5. The summed E-state index contributed by atoms with van der Waals surface area (Å²) in [6.07, 6.45) is 3.53. The van der Waals surface area contributed by atoms with E-state index in [4.69, 9.17) is 0 Å². The third kappa shape index (κ3) is 4.67. The summed E-state index contributed by atoms with van der Waals surface area (Å²) < 4.78 is 0. The molecule has 0 atom stereocenters. The van der Waals surface area contributed by atoms with Crippen LogP contribution in [0.15, 0.2) is 79.1 Å². The average molecular weight is 331 g/mol. The number of amides is 2. The third-order valence-corrected chi connectivity index (χ3v) is 4.03. The van der Waals surface area contributed by atoms with E-state index in [9.17, 15) is 4.79 Å². The zero-order chi connectivity index (χ0) is 17.5. The summed E-state index contributed by atoms with van der Waals surface area (Å²) in [4.78, 5) is 18.8. The summed E-state index contributed by atoms with van der Waals surface area (Å²) in [6, 6.07) is 21.4. The van der Waals surface area contributed by atoms with Crippen LogP contribution < -0.4 is 5.32 Å². The maximum Gasteiger partial charge on any atom is 0.322 e. The molecule has 126 valence electrons. The van der Waals surface area contributed by atoms with E-state index in [0.717, 1.165) is 16.8 Å². The van der Waals surface area contributed by atoms with E-state index in [0.29, 0.717) is 13.1 Å². The number of nitrogens with zero attached hydrogens (tertiary/aromatic N) is 2. The molecule has 0 radical (unpaired) electrons. The van der Waals surface area contributed by atoms with Crippen molar-refractivity contribution < 1.29 is 4.79 Å². The Morgan fingerprint density at radius 3 is 2.44 bits per heavy atom. The first-order valence-corrected chi connectivity index (χ1v) is 8.27. The average Bonchev–Trinajstić information content (AvgIpc) is 2.64. The quantitative estimate of drug-likeness (QED) is 0.741. The SMILES string of the molecule is Cc1ccccc1CN(Cc1cccnc1)C(=O)Nc1ccccc1. The van der Waals surface area contributed by atoms with Crippen LogP contribution in [-0.2, 0) is 13.1 Å². The van der Waals surface area contributed by atoms with Crippen molar-refractivity contribution in [3.63, 3.8) is 0 Å². The van der Waals surface area contributed by atoms with Crippen LogP contribution in [0, 0.1) is 6.92 Å². The van der Waals surface area contributed by atoms with Gasteiger partial charge >= 0.3 is 6.03 Å². The lowest BCUT2D eigenvalue weighted by molar-refractivity contribution is 0.206. The first-order chi connectivity index (χ1) is 12.2. The van der Waals surface area contributed by atoms with E-state index in [2.05, 4.69) is 29.4 Å². The second kappa shape index (κ2) is 8.11. The van der Waals surface area contributed by atoms with Gasteiger partial charge in [0, 0.05) is 31.2 Å². The first-order valence-electron chi connectivity index (χ1n) is 8.27. The number of anilines is 1.